The van der Waals surface area contributed by atoms with Crippen molar-refractivity contribution in [1.29, 1.82) is 0 Å². The lowest BCUT2D eigenvalue weighted by atomic mass is 9.96. The standard InChI is InChI=1S/C17H22N2O/c20-17(15-6-4-5-7-15)11-10-14-12-18-19(13-14)16-8-2-1-3-9-16/h1-3,8-9,12-13,15,17,20H,4-7,10-11H2. The first-order valence-corrected chi connectivity index (χ1v) is 7.60. The molecule has 2 aromatic rings. The van der Waals surface area contributed by atoms with E-state index in [9.17, 15) is 5.11 Å². The molecule has 0 radical (unpaired) electrons. The van der Waals surface area contributed by atoms with Crippen molar-refractivity contribution in [2.45, 2.75) is 44.6 Å². The van der Waals surface area contributed by atoms with Crippen LogP contribution in [0, 0.1) is 5.92 Å². The Morgan fingerprint density at radius 2 is 1.95 bits per heavy atom. The predicted octanol–water partition coefficient (Wildman–Crippen LogP) is 3.36. The minimum Gasteiger partial charge on any atom is -0.393 e. The van der Waals surface area contributed by atoms with E-state index in [2.05, 4.69) is 11.3 Å². The topological polar surface area (TPSA) is 38.1 Å². The Bertz CT molecular complexity index is 529. The molecule has 1 aliphatic rings. The van der Waals surface area contributed by atoms with Crippen LogP contribution >= 0.6 is 0 Å². The highest BCUT2D eigenvalue weighted by molar-refractivity contribution is 5.30. The van der Waals surface area contributed by atoms with Gasteiger partial charge in [0.2, 0.25) is 0 Å². The molecule has 1 atom stereocenters. The van der Waals surface area contributed by atoms with E-state index >= 15 is 0 Å². The molecule has 3 rings (SSSR count). The highest BCUT2D eigenvalue weighted by Gasteiger charge is 2.22. The van der Waals surface area contributed by atoms with Crippen LogP contribution in [0.3, 0.4) is 0 Å². The van der Waals surface area contributed by atoms with Crippen LogP contribution < -0.4 is 0 Å². The average Bonchev–Trinajstić information content (AvgIpc) is 3.17. The Morgan fingerprint density at radius 1 is 1.20 bits per heavy atom. The molecular weight excluding hydrogens is 248 g/mol. The van der Waals surface area contributed by atoms with Crippen molar-refractivity contribution in [3.63, 3.8) is 0 Å². The third kappa shape index (κ3) is 3.10. The van der Waals surface area contributed by atoms with Gasteiger partial charge in [-0.3, -0.25) is 0 Å². The number of aliphatic hydroxyl groups excluding tert-OH is 1. The fourth-order valence-electron chi connectivity index (χ4n) is 3.10. The zero-order valence-electron chi connectivity index (χ0n) is 11.8. The number of aromatic nitrogens is 2. The molecular formula is C17H22N2O. The van der Waals surface area contributed by atoms with Gasteiger partial charge in [-0.05, 0) is 49.3 Å². The van der Waals surface area contributed by atoms with E-state index in [4.69, 9.17) is 0 Å². The lowest BCUT2D eigenvalue weighted by Gasteiger charge is -2.16. The maximum Gasteiger partial charge on any atom is 0.0645 e. The molecule has 106 valence electrons. The third-order valence-corrected chi connectivity index (χ3v) is 4.33. The molecule has 1 N–H and O–H groups in total. The number of nitrogens with zero attached hydrogens (tertiary/aromatic N) is 2. The van der Waals surface area contributed by atoms with E-state index in [-0.39, 0.29) is 6.10 Å². The molecule has 3 heteroatoms. The number of hydrogen-bond donors (Lipinski definition) is 1. The van der Waals surface area contributed by atoms with Crippen LogP contribution in [0.25, 0.3) is 5.69 Å². The zero-order valence-corrected chi connectivity index (χ0v) is 11.8. The first-order valence-electron chi connectivity index (χ1n) is 7.60. The maximum absolute atomic E-state index is 10.2. The summed E-state index contributed by atoms with van der Waals surface area (Å²) in [6.07, 6.45) is 10.6. The summed E-state index contributed by atoms with van der Waals surface area (Å²) in [5.41, 5.74) is 2.28. The molecule has 0 saturated heterocycles. The minimum absolute atomic E-state index is 0.141. The van der Waals surface area contributed by atoms with Gasteiger partial charge < -0.3 is 5.11 Å². The van der Waals surface area contributed by atoms with E-state index in [0.717, 1.165) is 18.5 Å². The zero-order chi connectivity index (χ0) is 13.8. The number of benzene rings is 1. The van der Waals surface area contributed by atoms with Gasteiger partial charge in [-0.15, -0.1) is 0 Å². The molecule has 0 bridgehead atoms. The molecule has 1 heterocycles. The van der Waals surface area contributed by atoms with Gasteiger partial charge in [0.1, 0.15) is 0 Å². The second-order valence-electron chi connectivity index (χ2n) is 5.78. The van der Waals surface area contributed by atoms with Gasteiger partial charge in [-0.1, -0.05) is 31.0 Å². The molecule has 0 aliphatic heterocycles. The summed E-state index contributed by atoms with van der Waals surface area (Å²) < 4.78 is 1.90. The largest absolute Gasteiger partial charge is 0.393 e. The van der Waals surface area contributed by atoms with Crippen molar-refractivity contribution in [3.8, 4) is 5.69 Å². The second-order valence-corrected chi connectivity index (χ2v) is 5.78. The van der Waals surface area contributed by atoms with Crippen molar-refractivity contribution in [1.82, 2.24) is 9.78 Å². The lowest BCUT2D eigenvalue weighted by molar-refractivity contribution is 0.102. The van der Waals surface area contributed by atoms with Gasteiger partial charge in [0.15, 0.2) is 0 Å². The Morgan fingerprint density at radius 3 is 2.70 bits per heavy atom. The van der Waals surface area contributed by atoms with Crippen LogP contribution in [0.5, 0.6) is 0 Å². The normalized spacial score (nSPS) is 17.4. The molecule has 1 fully saturated rings. The molecule has 1 aromatic carbocycles. The highest BCUT2D eigenvalue weighted by atomic mass is 16.3. The molecule has 0 spiro atoms. The molecule has 1 aromatic heterocycles. The van der Waals surface area contributed by atoms with Crippen molar-refractivity contribution in [2.24, 2.45) is 5.92 Å². The van der Waals surface area contributed by atoms with Gasteiger partial charge in [0.05, 0.1) is 18.0 Å². The molecule has 0 amide bonds. The summed E-state index contributed by atoms with van der Waals surface area (Å²) in [5.74, 6) is 0.527. The first-order chi connectivity index (χ1) is 9.83. The molecule has 1 aliphatic carbocycles. The number of para-hydroxylation sites is 1. The summed E-state index contributed by atoms with van der Waals surface area (Å²) in [7, 11) is 0. The highest BCUT2D eigenvalue weighted by Crippen LogP contribution is 2.29. The Hall–Kier alpha value is -1.61. The van der Waals surface area contributed by atoms with Gasteiger partial charge in [-0.2, -0.15) is 5.10 Å². The SMILES string of the molecule is OC(CCc1cnn(-c2ccccc2)c1)C1CCCC1. The Balaban J connectivity index is 1.57. The summed E-state index contributed by atoms with van der Waals surface area (Å²) in [4.78, 5) is 0. The predicted molar refractivity (Wildman–Crippen MR) is 79.8 cm³/mol. The van der Waals surface area contributed by atoms with Crippen LogP contribution in [-0.2, 0) is 6.42 Å². The van der Waals surface area contributed by atoms with Crippen LogP contribution in [0.1, 0.15) is 37.7 Å². The fraction of sp³-hybridized carbons (Fsp3) is 0.471. The Kier molecular flexibility index (Phi) is 4.16. The molecule has 20 heavy (non-hydrogen) atoms. The monoisotopic (exact) mass is 270 g/mol. The lowest BCUT2D eigenvalue weighted by Crippen LogP contribution is -2.18. The molecule has 3 nitrogen and oxygen atoms in total. The van der Waals surface area contributed by atoms with Crippen LogP contribution in [0.2, 0.25) is 0 Å². The van der Waals surface area contributed by atoms with Crippen molar-refractivity contribution >= 4 is 0 Å². The second kappa shape index (κ2) is 6.23. The number of hydrogen-bond acceptors (Lipinski definition) is 2. The Labute approximate surface area is 120 Å². The first kappa shape index (κ1) is 13.4. The van der Waals surface area contributed by atoms with E-state index in [1.165, 1.54) is 31.2 Å². The van der Waals surface area contributed by atoms with E-state index in [1.807, 2.05) is 41.2 Å². The summed E-state index contributed by atoms with van der Waals surface area (Å²) in [5, 5.41) is 14.6. The van der Waals surface area contributed by atoms with Crippen LogP contribution in [0.4, 0.5) is 0 Å². The van der Waals surface area contributed by atoms with Crippen molar-refractivity contribution < 1.29 is 5.11 Å². The van der Waals surface area contributed by atoms with Gasteiger partial charge in [0.25, 0.3) is 0 Å². The van der Waals surface area contributed by atoms with E-state index in [0.29, 0.717) is 5.92 Å². The van der Waals surface area contributed by atoms with Gasteiger partial charge in [-0.25, -0.2) is 4.68 Å². The minimum atomic E-state index is -0.141. The van der Waals surface area contributed by atoms with Crippen molar-refractivity contribution in [2.75, 3.05) is 0 Å². The molecule has 1 unspecified atom stereocenters. The van der Waals surface area contributed by atoms with E-state index in [1.54, 1.807) is 0 Å². The summed E-state index contributed by atoms with van der Waals surface area (Å²) in [6.45, 7) is 0. The average molecular weight is 270 g/mol. The number of aliphatic hydroxyl groups is 1. The fourth-order valence-corrected chi connectivity index (χ4v) is 3.10. The smallest absolute Gasteiger partial charge is 0.0645 e. The van der Waals surface area contributed by atoms with Gasteiger partial charge >= 0.3 is 0 Å². The summed E-state index contributed by atoms with van der Waals surface area (Å²) >= 11 is 0. The third-order valence-electron chi connectivity index (χ3n) is 4.33. The number of rotatable bonds is 5. The van der Waals surface area contributed by atoms with Gasteiger partial charge in [0, 0.05) is 6.20 Å². The maximum atomic E-state index is 10.2. The molecule has 1 saturated carbocycles. The van der Waals surface area contributed by atoms with Crippen molar-refractivity contribution in [3.05, 3.63) is 48.3 Å². The van der Waals surface area contributed by atoms with E-state index < -0.39 is 0 Å². The quantitative estimate of drug-likeness (QED) is 0.904. The number of aryl methyl sites for hydroxylation is 1. The van der Waals surface area contributed by atoms with Crippen LogP contribution in [-0.4, -0.2) is 21.0 Å². The van der Waals surface area contributed by atoms with Crippen LogP contribution in [0.15, 0.2) is 42.7 Å². The summed E-state index contributed by atoms with van der Waals surface area (Å²) in [6, 6.07) is 10.1.